The summed E-state index contributed by atoms with van der Waals surface area (Å²) in [6.07, 6.45) is -4.72. The maximum absolute atomic E-state index is 13.6. The fourth-order valence-corrected chi connectivity index (χ4v) is 4.94. The van der Waals surface area contributed by atoms with Crippen LogP contribution in [0, 0.1) is 0 Å². The molecule has 1 N–H and O–H groups in total. The van der Waals surface area contributed by atoms with Crippen LogP contribution in [0.1, 0.15) is 18.1 Å². The summed E-state index contributed by atoms with van der Waals surface area (Å²) in [4.78, 5) is 12.5. The first kappa shape index (κ1) is 28.6. The average molecular weight is 553 g/mol. The van der Waals surface area contributed by atoms with E-state index >= 15 is 0 Å². The van der Waals surface area contributed by atoms with Crippen molar-refractivity contribution < 1.29 is 40.6 Å². The predicted octanol–water partition coefficient (Wildman–Crippen LogP) is 4.63. The molecule has 12 heteroatoms. The molecule has 8 nitrogen and oxygen atoms in total. The molecule has 0 spiro atoms. The Labute approximate surface area is 219 Å². The molecule has 38 heavy (non-hydrogen) atoms. The second kappa shape index (κ2) is 12.1. The number of amides is 1. The Morgan fingerprint density at radius 3 is 2.24 bits per heavy atom. The SMILES string of the molecule is CCOc1ccc(CNC(=O)CN(c2cccc(C(F)(F)F)c2)S(=O)(=O)c2ccc(OC)c(OC)c2)cc1. The molecule has 0 unspecified atom stereocenters. The van der Waals surface area contributed by atoms with Crippen LogP contribution in [0.5, 0.6) is 17.2 Å². The van der Waals surface area contributed by atoms with Crippen molar-refractivity contribution in [1.82, 2.24) is 5.32 Å². The highest BCUT2D eigenvalue weighted by atomic mass is 32.2. The molecule has 0 heterocycles. The number of nitrogens with one attached hydrogen (secondary N) is 1. The quantitative estimate of drug-likeness (QED) is 0.373. The van der Waals surface area contributed by atoms with E-state index in [1.165, 1.54) is 38.5 Å². The smallest absolute Gasteiger partial charge is 0.416 e. The minimum Gasteiger partial charge on any atom is -0.494 e. The summed E-state index contributed by atoms with van der Waals surface area (Å²) in [6, 6.07) is 14.4. The van der Waals surface area contributed by atoms with Gasteiger partial charge in [-0.1, -0.05) is 18.2 Å². The third-order valence-electron chi connectivity index (χ3n) is 5.42. The van der Waals surface area contributed by atoms with E-state index in [4.69, 9.17) is 14.2 Å². The molecule has 0 fully saturated rings. The van der Waals surface area contributed by atoms with Gasteiger partial charge in [-0.15, -0.1) is 0 Å². The highest BCUT2D eigenvalue weighted by Gasteiger charge is 2.33. The van der Waals surface area contributed by atoms with Crippen LogP contribution in [0.15, 0.2) is 71.6 Å². The molecule has 0 aliphatic carbocycles. The molecule has 3 aromatic carbocycles. The van der Waals surface area contributed by atoms with Gasteiger partial charge < -0.3 is 19.5 Å². The van der Waals surface area contributed by atoms with E-state index in [1.807, 2.05) is 6.92 Å². The van der Waals surface area contributed by atoms with Gasteiger partial charge in [-0.05, 0) is 55.0 Å². The molecule has 3 aromatic rings. The van der Waals surface area contributed by atoms with E-state index in [0.29, 0.717) is 22.7 Å². The summed E-state index contributed by atoms with van der Waals surface area (Å²) in [5, 5.41) is 2.61. The number of carbonyl (C=O) groups is 1. The van der Waals surface area contributed by atoms with Gasteiger partial charge in [-0.2, -0.15) is 13.2 Å². The fraction of sp³-hybridized carbons (Fsp3) is 0.269. The molecule has 3 rings (SSSR count). The lowest BCUT2D eigenvalue weighted by atomic mass is 10.2. The van der Waals surface area contributed by atoms with Gasteiger partial charge in [-0.25, -0.2) is 8.42 Å². The van der Waals surface area contributed by atoms with Gasteiger partial charge in [0, 0.05) is 12.6 Å². The van der Waals surface area contributed by atoms with Crippen LogP contribution in [0.25, 0.3) is 0 Å². The number of ether oxygens (including phenoxy) is 3. The molecular weight excluding hydrogens is 525 g/mol. The predicted molar refractivity (Wildman–Crippen MR) is 135 cm³/mol. The number of methoxy groups -OCH3 is 2. The molecule has 0 aromatic heterocycles. The van der Waals surface area contributed by atoms with Crippen LogP contribution in [0.2, 0.25) is 0 Å². The van der Waals surface area contributed by atoms with Gasteiger partial charge in [-0.3, -0.25) is 9.10 Å². The van der Waals surface area contributed by atoms with Crippen molar-refractivity contribution in [3.63, 3.8) is 0 Å². The van der Waals surface area contributed by atoms with Crippen LogP contribution < -0.4 is 23.8 Å². The Bertz CT molecular complexity index is 1360. The number of benzene rings is 3. The van der Waals surface area contributed by atoms with E-state index in [2.05, 4.69) is 5.32 Å². The normalized spacial score (nSPS) is 11.5. The molecule has 0 bridgehead atoms. The maximum atomic E-state index is 13.6. The summed E-state index contributed by atoms with van der Waals surface area (Å²) in [5.74, 6) is 0.280. The van der Waals surface area contributed by atoms with E-state index in [9.17, 15) is 26.4 Å². The molecule has 0 saturated heterocycles. The second-order valence-corrected chi connectivity index (χ2v) is 9.79. The zero-order valence-corrected chi connectivity index (χ0v) is 21.7. The lowest BCUT2D eigenvalue weighted by Crippen LogP contribution is -2.40. The van der Waals surface area contributed by atoms with Crippen molar-refractivity contribution in [3.05, 3.63) is 77.9 Å². The monoisotopic (exact) mass is 552 g/mol. The third kappa shape index (κ3) is 6.88. The van der Waals surface area contributed by atoms with Crippen LogP contribution in [-0.2, 0) is 27.5 Å². The number of alkyl halides is 3. The van der Waals surface area contributed by atoms with Crippen molar-refractivity contribution in [2.24, 2.45) is 0 Å². The van der Waals surface area contributed by atoms with Crippen LogP contribution in [-0.4, -0.2) is 41.7 Å². The first-order valence-corrected chi connectivity index (χ1v) is 12.8. The molecule has 0 aliphatic rings. The van der Waals surface area contributed by atoms with E-state index in [-0.39, 0.29) is 28.6 Å². The number of rotatable bonds is 11. The summed E-state index contributed by atoms with van der Waals surface area (Å²) in [7, 11) is -1.83. The maximum Gasteiger partial charge on any atom is 0.416 e. The number of hydrogen-bond donors (Lipinski definition) is 1. The average Bonchev–Trinajstić information content (AvgIpc) is 2.90. The fourth-order valence-electron chi connectivity index (χ4n) is 3.51. The lowest BCUT2D eigenvalue weighted by molar-refractivity contribution is -0.137. The summed E-state index contributed by atoms with van der Waals surface area (Å²) >= 11 is 0. The Kier molecular flexibility index (Phi) is 9.10. The van der Waals surface area contributed by atoms with Gasteiger partial charge in [0.15, 0.2) is 11.5 Å². The Hall–Kier alpha value is -3.93. The number of sulfonamides is 1. The molecule has 204 valence electrons. The summed E-state index contributed by atoms with van der Waals surface area (Å²) < 4.78 is 83.7. The van der Waals surface area contributed by atoms with Crippen LogP contribution in [0.4, 0.5) is 18.9 Å². The zero-order valence-electron chi connectivity index (χ0n) is 20.9. The minimum absolute atomic E-state index is 0.0675. The molecule has 1 amide bonds. The van der Waals surface area contributed by atoms with E-state index in [1.54, 1.807) is 24.3 Å². The van der Waals surface area contributed by atoms with Gasteiger partial charge >= 0.3 is 6.18 Å². The van der Waals surface area contributed by atoms with Gasteiger partial charge in [0.25, 0.3) is 10.0 Å². The highest BCUT2D eigenvalue weighted by Crippen LogP contribution is 2.35. The number of carbonyl (C=O) groups excluding carboxylic acids is 1. The van der Waals surface area contributed by atoms with Crippen LogP contribution >= 0.6 is 0 Å². The van der Waals surface area contributed by atoms with Gasteiger partial charge in [0.05, 0.1) is 37.0 Å². The largest absolute Gasteiger partial charge is 0.494 e. The number of halogens is 3. The van der Waals surface area contributed by atoms with Crippen molar-refractivity contribution in [3.8, 4) is 17.2 Å². The Balaban J connectivity index is 1.93. The molecule has 0 saturated carbocycles. The van der Waals surface area contributed by atoms with Crippen molar-refractivity contribution in [2.45, 2.75) is 24.5 Å². The van der Waals surface area contributed by atoms with Crippen LogP contribution in [0.3, 0.4) is 0 Å². The zero-order chi connectivity index (χ0) is 27.9. The highest BCUT2D eigenvalue weighted by molar-refractivity contribution is 7.92. The van der Waals surface area contributed by atoms with Gasteiger partial charge in [0.1, 0.15) is 12.3 Å². The molecule has 0 radical (unpaired) electrons. The van der Waals surface area contributed by atoms with Crippen molar-refractivity contribution in [2.75, 3.05) is 31.7 Å². The Morgan fingerprint density at radius 1 is 0.947 bits per heavy atom. The van der Waals surface area contributed by atoms with Crippen molar-refractivity contribution in [1.29, 1.82) is 0 Å². The third-order valence-corrected chi connectivity index (χ3v) is 7.19. The molecule has 0 aliphatic heterocycles. The molecular formula is C26H27F3N2O6S. The van der Waals surface area contributed by atoms with E-state index in [0.717, 1.165) is 17.7 Å². The number of nitrogens with zero attached hydrogens (tertiary/aromatic N) is 1. The van der Waals surface area contributed by atoms with E-state index < -0.39 is 34.2 Å². The molecule has 0 atom stereocenters. The standard InChI is InChI=1S/C26H27F3N2O6S/c1-4-37-21-10-8-18(9-11-21)16-30-25(32)17-31(20-7-5-6-19(14-20)26(27,28)29)38(33,34)22-12-13-23(35-2)24(15-22)36-3/h5-15H,4,16-17H2,1-3H3,(H,30,32). The second-order valence-electron chi connectivity index (χ2n) is 7.93. The van der Waals surface area contributed by atoms with Gasteiger partial charge in [0.2, 0.25) is 5.91 Å². The number of hydrogen-bond acceptors (Lipinski definition) is 6. The first-order chi connectivity index (χ1) is 18.0. The summed E-state index contributed by atoms with van der Waals surface area (Å²) in [6.45, 7) is 1.64. The van der Waals surface area contributed by atoms with Crippen molar-refractivity contribution >= 4 is 21.6 Å². The Morgan fingerprint density at radius 2 is 1.63 bits per heavy atom. The number of anilines is 1. The summed E-state index contributed by atoms with van der Waals surface area (Å²) in [5.41, 5.74) is -0.668. The first-order valence-electron chi connectivity index (χ1n) is 11.4. The topological polar surface area (TPSA) is 94.2 Å². The lowest BCUT2D eigenvalue weighted by Gasteiger charge is -2.25. The minimum atomic E-state index is -4.72.